The van der Waals surface area contributed by atoms with Gasteiger partial charge in [0.1, 0.15) is 11.5 Å². The number of benzene rings is 1. The van der Waals surface area contributed by atoms with Crippen molar-refractivity contribution in [2.75, 3.05) is 13.7 Å². The SMILES string of the molecule is CCCOc1cc(OC)ccc1-c1ccc(C(=O)O)c(CCC)n1. The summed E-state index contributed by atoms with van der Waals surface area (Å²) in [6, 6.07) is 8.91. The monoisotopic (exact) mass is 329 g/mol. The molecule has 1 aromatic carbocycles. The van der Waals surface area contributed by atoms with Gasteiger partial charge in [-0.1, -0.05) is 20.3 Å². The molecular formula is C19H23NO4. The van der Waals surface area contributed by atoms with E-state index in [1.807, 2.05) is 32.0 Å². The zero-order valence-electron chi connectivity index (χ0n) is 14.3. The quantitative estimate of drug-likeness (QED) is 0.786. The van der Waals surface area contributed by atoms with Gasteiger partial charge in [0.05, 0.1) is 30.7 Å². The van der Waals surface area contributed by atoms with Crippen molar-refractivity contribution < 1.29 is 19.4 Å². The lowest BCUT2D eigenvalue weighted by Gasteiger charge is -2.14. The number of carboxylic acid groups (broad SMARTS) is 1. The fourth-order valence-corrected chi connectivity index (χ4v) is 2.45. The highest BCUT2D eigenvalue weighted by atomic mass is 16.5. The number of carbonyl (C=O) groups is 1. The second-order valence-electron chi connectivity index (χ2n) is 5.46. The third-order valence-electron chi connectivity index (χ3n) is 3.62. The first kappa shape index (κ1) is 17.8. The highest BCUT2D eigenvalue weighted by Gasteiger charge is 2.15. The largest absolute Gasteiger partial charge is 0.497 e. The molecule has 0 unspecified atom stereocenters. The molecule has 1 aromatic heterocycles. The number of hydrogen-bond acceptors (Lipinski definition) is 4. The zero-order valence-corrected chi connectivity index (χ0v) is 14.3. The van der Waals surface area contributed by atoms with Gasteiger partial charge in [0.15, 0.2) is 0 Å². The standard InChI is InChI=1S/C19H23NO4/c1-4-6-16-15(19(21)22)9-10-17(20-16)14-8-7-13(23-3)12-18(14)24-11-5-2/h7-10,12H,4-6,11H2,1-3H3,(H,21,22). The third-order valence-corrected chi connectivity index (χ3v) is 3.62. The molecular weight excluding hydrogens is 306 g/mol. The second-order valence-corrected chi connectivity index (χ2v) is 5.46. The van der Waals surface area contributed by atoms with Crippen LogP contribution >= 0.6 is 0 Å². The van der Waals surface area contributed by atoms with Gasteiger partial charge in [-0.25, -0.2) is 4.79 Å². The molecule has 0 amide bonds. The van der Waals surface area contributed by atoms with E-state index in [-0.39, 0.29) is 5.56 Å². The van der Waals surface area contributed by atoms with Crippen LogP contribution in [0.4, 0.5) is 0 Å². The Kier molecular flexibility index (Phi) is 6.18. The Balaban J connectivity index is 2.50. The Morgan fingerprint density at radius 1 is 1.17 bits per heavy atom. The fourth-order valence-electron chi connectivity index (χ4n) is 2.45. The molecule has 5 heteroatoms. The topological polar surface area (TPSA) is 68.7 Å². The number of aromatic nitrogens is 1. The average Bonchev–Trinajstić information content (AvgIpc) is 2.59. The van der Waals surface area contributed by atoms with E-state index in [1.165, 1.54) is 0 Å². The molecule has 1 N–H and O–H groups in total. The van der Waals surface area contributed by atoms with E-state index in [4.69, 9.17) is 9.47 Å². The van der Waals surface area contributed by atoms with Crippen LogP contribution < -0.4 is 9.47 Å². The maximum atomic E-state index is 11.4. The molecule has 2 rings (SSSR count). The van der Waals surface area contributed by atoms with Crippen LogP contribution in [-0.4, -0.2) is 29.8 Å². The minimum atomic E-state index is -0.949. The predicted octanol–water partition coefficient (Wildman–Crippen LogP) is 4.20. The highest BCUT2D eigenvalue weighted by molar-refractivity contribution is 5.89. The normalized spacial score (nSPS) is 10.5. The van der Waals surface area contributed by atoms with Crippen LogP contribution in [0.25, 0.3) is 11.3 Å². The molecule has 128 valence electrons. The molecule has 2 aromatic rings. The van der Waals surface area contributed by atoms with Gasteiger partial charge in [-0.2, -0.15) is 0 Å². The minimum Gasteiger partial charge on any atom is -0.497 e. The van der Waals surface area contributed by atoms with Crippen molar-refractivity contribution >= 4 is 5.97 Å². The Morgan fingerprint density at radius 3 is 2.58 bits per heavy atom. The van der Waals surface area contributed by atoms with Crippen LogP contribution in [-0.2, 0) is 6.42 Å². The maximum Gasteiger partial charge on any atom is 0.337 e. The highest BCUT2D eigenvalue weighted by Crippen LogP contribution is 2.33. The molecule has 0 aliphatic rings. The van der Waals surface area contributed by atoms with E-state index in [2.05, 4.69) is 4.98 Å². The smallest absolute Gasteiger partial charge is 0.337 e. The van der Waals surface area contributed by atoms with E-state index < -0.39 is 5.97 Å². The number of aromatic carboxylic acids is 1. The van der Waals surface area contributed by atoms with E-state index in [1.54, 1.807) is 19.2 Å². The summed E-state index contributed by atoms with van der Waals surface area (Å²) in [6.45, 7) is 4.64. The molecule has 24 heavy (non-hydrogen) atoms. The molecule has 5 nitrogen and oxygen atoms in total. The molecule has 0 saturated heterocycles. The average molecular weight is 329 g/mol. The van der Waals surface area contributed by atoms with Gasteiger partial charge in [-0.15, -0.1) is 0 Å². The fraction of sp³-hybridized carbons (Fsp3) is 0.368. The summed E-state index contributed by atoms with van der Waals surface area (Å²) in [7, 11) is 1.61. The van der Waals surface area contributed by atoms with E-state index in [0.717, 1.165) is 18.4 Å². The Hall–Kier alpha value is -2.56. The minimum absolute atomic E-state index is 0.255. The number of methoxy groups -OCH3 is 1. The van der Waals surface area contributed by atoms with Crippen molar-refractivity contribution in [3.8, 4) is 22.8 Å². The van der Waals surface area contributed by atoms with Crippen molar-refractivity contribution in [2.45, 2.75) is 33.1 Å². The predicted molar refractivity (Wildman–Crippen MR) is 93.0 cm³/mol. The van der Waals surface area contributed by atoms with Crippen molar-refractivity contribution in [1.29, 1.82) is 0 Å². The van der Waals surface area contributed by atoms with Crippen molar-refractivity contribution in [3.05, 3.63) is 41.6 Å². The number of ether oxygens (including phenoxy) is 2. The van der Waals surface area contributed by atoms with Gasteiger partial charge in [0.2, 0.25) is 0 Å². The summed E-state index contributed by atoms with van der Waals surface area (Å²) < 4.78 is 11.1. The molecule has 0 aliphatic heterocycles. The lowest BCUT2D eigenvalue weighted by molar-refractivity contribution is 0.0695. The molecule has 1 heterocycles. The summed E-state index contributed by atoms with van der Waals surface area (Å²) in [4.78, 5) is 15.9. The Morgan fingerprint density at radius 2 is 1.96 bits per heavy atom. The maximum absolute atomic E-state index is 11.4. The van der Waals surface area contributed by atoms with Gasteiger partial charge in [0, 0.05) is 11.6 Å². The first-order chi connectivity index (χ1) is 11.6. The lowest BCUT2D eigenvalue weighted by Crippen LogP contribution is -2.06. The van der Waals surface area contributed by atoms with Gasteiger partial charge < -0.3 is 14.6 Å². The summed E-state index contributed by atoms with van der Waals surface area (Å²) in [5.74, 6) is 0.449. The van der Waals surface area contributed by atoms with Crippen molar-refractivity contribution in [3.63, 3.8) is 0 Å². The molecule has 0 radical (unpaired) electrons. The van der Waals surface area contributed by atoms with Gasteiger partial charge in [-0.05, 0) is 37.1 Å². The number of carboxylic acids is 1. The molecule has 0 bridgehead atoms. The molecule has 0 saturated carbocycles. The number of aryl methyl sites for hydroxylation is 1. The van der Waals surface area contributed by atoms with E-state index >= 15 is 0 Å². The van der Waals surface area contributed by atoms with E-state index in [0.29, 0.717) is 35.9 Å². The third kappa shape index (κ3) is 4.04. The lowest BCUT2D eigenvalue weighted by atomic mass is 10.0. The Bertz CT molecular complexity index is 713. The van der Waals surface area contributed by atoms with Crippen LogP contribution in [0.5, 0.6) is 11.5 Å². The summed E-state index contributed by atoms with van der Waals surface area (Å²) >= 11 is 0. The van der Waals surface area contributed by atoms with Crippen LogP contribution in [0.1, 0.15) is 42.7 Å². The van der Waals surface area contributed by atoms with Gasteiger partial charge >= 0.3 is 5.97 Å². The Labute approximate surface area is 142 Å². The first-order valence-electron chi connectivity index (χ1n) is 8.15. The number of nitrogens with zero attached hydrogens (tertiary/aromatic N) is 1. The zero-order chi connectivity index (χ0) is 17.5. The summed E-state index contributed by atoms with van der Waals surface area (Å²) in [5, 5.41) is 9.31. The van der Waals surface area contributed by atoms with Crippen LogP contribution in [0, 0.1) is 0 Å². The van der Waals surface area contributed by atoms with Crippen molar-refractivity contribution in [1.82, 2.24) is 4.98 Å². The van der Waals surface area contributed by atoms with Gasteiger partial charge in [0.25, 0.3) is 0 Å². The number of rotatable bonds is 8. The van der Waals surface area contributed by atoms with Crippen LogP contribution in [0.2, 0.25) is 0 Å². The molecule has 0 aliphatic carbocycles. The summed E-state index contributed by atoms with van der Waals surface area (Å²) in [6.07, 6.45) is 2.35. The second kappa shape index (κ2) is 8.34. The van der Waals surface area contributed by atoms with Crippen molar-refractivity contribution in [2.24, 2.45) is 0 Å². The van der Waals surface area contributed by atoms with Gasteiger partial charge in [-0.3, -0.25) is 4.98 Å². The van der Waals surface area contributed by atoms with E-state index in [9.17, 15) is 9.90 Å². The molecule has 0 spiro atoms. The molecule has 0 atom stereocenters. The summed E-state index contributed by atoms with van der Waals surface area (Å²) in [5.41, 5.74) is 2.39. The molecule has 0 fully saturated rings. The van der Waals surface area contributed by atoms with Crippen LogP contribution in [0.3, 0.4) is 0 Å². The van der Waals surface area contributed by atoms with Crippen LogP contribution in [0.15, 0.2) is 30.3 Å². The first-order valence-corrected chi connectivity index (χ1v) is 8.15. The number of pyridine rings is 1. The number of hydrogen-bond donors (Lipinski definition) is 1.